The Bertz CT molecular complexity index is 845. The molecule has 0 aliphatic heterocycles. The van der Waals surface area contributed by atoms with Crippen LogP contribution >= 0.6 is 11.6 Å². The summed E-state index contributed by atoms with van der Waals surface area (Å²) in [4.78, 5) is 12.2. The van der Waals surface area contributed by atoms with E-state index in [2.05, 4.69) is 4.72 Å². The first-order valence-electron chi connectivity index (χ1n) is 7.29. The molecule has 0 unspecified atom stereocenters. The molecule has 24 heavy (non-hydrogen) atoms. The molecule has 0 aliphatic rings. The van der Waals surface area contributed by atoms with E-state index in [0.717, 1.165) is 5.56 Å². The van der Waals surface area contributed by atoms with Gasteiger partial charge in [-0.25, -0.2) is 13.2 Å². The molecule has 128 valence electrons. The summed E-state index contributed by atoms with van der Waals surface area (Å²) in [6.45, 7) is 5.31. The minimum atomic E-state index is -3.75. The SMILES string of the molecule is Cc1ccc(S(=O)(=O)Nc2ccc(Cl)c(C(=O)OC(C)C)c2)cc1. The van der Waals surface area contributed by atoms with E-state index in [9.17, 15) is 13.2 Å². The average Bonchev–Trinajstić information content (AvgIpc) is 2.48. The molecular formula is C17H18ClNO4S. The highest BCUT2D eigenvalue weighted by Gasteiger charge is 2.18. The number of benzene rings is 2. The summed E-state index contributed by atoms with van der Waals surface area (Å²) in [6, 6.07) is 10.7. The number of hydrogen-bond donors (Lipinski definition) is 1. The minimum Gasteiger partial charge on any atom is -0.459 e. The van der Waals surface area contributed by atoms with Crippen LogP contribution in [-0.4, -0.2) is 20.5 Å². The van der Waals surface area contributed by atoms with Gasteiger partial charge in [-0.1, -0.05) is 29.3 Å². The molecule has 0 saturated carbocycles. The molecule has 2 aromatic rings. The number of aryl methyl sites for hydroxylation is 1. The predicted octanol–water partition coefficient (Wildman–Crippen LogP) is 4.01. The second-order valence-electron chi connectivity index (χ2n) is 5.57. The smallest absolute Gasteiger partial charge is 0.339 e. The topological polar surface area (TPSA) is 72.5 Å². The molecule has 2 aromatic carbocycles. The van der Waals surface area contributed by atoms with Gasteiger partial charge in [-0.15, -0.1) is 0 Å². The van der Waals surface area contributed by atoms with Crippen molar-refractivity contribution in [2.24, 2.45) is 0 Å². The number of anilines is 1. The largest absolute Gasteiger partial charge is 0.459 e. The first kappa shape index (κ1) is 18.3. The lowest BCUT2D eigenvalue weighted by atomic mass is 10.2. The summed E-state index contributed by atoms with van der Waals surface area (Å²) < 4.78 is 32.3. The molecule has 0 aliphatic carbocycles. The van der Waals surface area contributed by atoms with Crippen molar-refractivity contribution in [2.75, 3.05) is 4.72 Å². The molecule has 2 rings (SSSR count). The fraction of sp³-hybridized carbons (Fsp3) is 0.235. The molecule has 0 atom stereocenters. The molecule has 7 heteroatoms. The van der Waals surface area contributed by atoms with E-state index in [1.807, 2.05) is 6.92 Å². The van der Waals surface area contributed by atoms with Crippen LogP contribution in [0.2, 0.25) is 5.02 Å². The van der Waals surface area contributed by atoms with Crippen LogP contribution < -0.4 is 4.72 Å². The van der Waals surface area contributed by atoms with Crippen molar-refractivity contribution in [1.29, 1.82) is 0 Å². The molecular weight excluding hydrogens is 350 g/mol. The molecule has 0 fully saturated rings. The molecule has 0 radical (unpaired) electrons. The number of esters is 1. The van der Waals surface area contributed by atoms with Crippen LogP contribution in [-0.2, 0) is 14.8 Å². The number of halogens is 1. The van der Waals surface area contributed by atoms with Crippen LogP contribution in [0.4, 0.5) is 5.69 Å². The Morgan fingerprint density at radius 2 is 1.75 bits per heavy atom. The second kappa shape index (κ2) is 7.23. The van der Waals surface area contributed by atoms with Crippen molar-refractivity contribution in [3.05, 3.63) is 58.6 Å². The number of carbonyl (C=O) groups is 1. The van der Waals surface area contributed by atoms with E-state index in [1.54, 1.807) is 26.0 Å². The van der Waals surface area contributed by atoms with Crippen molar-refractivity contribution in [1.82, 2.24) is 0 Å². The average molecular weight is 368 g/mol. The second-order valence-corrected chi connectivity index (χ2v) is 7.66. The summed E-state index contributed by atoms with van der Waals surface area (Å²) in [5, 5.41) is 0.193. The number of ether oxygens (including phenoxy) is 1. The van der Waals surface area contributed by atoms with Crippen molar-refractivity contribution in [3.8, 4) is 0 Å². The molecule has 5 nitrogen and oxygen atoms in total. The van der Waals surface area contributed by atoms with Gasteiger partial charge in [0.2, 0.25) is 0 Å². The van der Waals surface area contributed by atoms with Gasteiger partial charge in [0, 0.05) is 5.69 Å². The van der Waals surface area contributed by atoms with E-state index in [4.69, 9.17) is 16.3 Å². The molecule has 0 aromatic heterocycles. The van der Waals surface area contributed by atoms with E-state index < -0.39 is 16.0 Å². The number of sulfonamides is 1. The third-order valence-corrected chi connectivity index (χ3v) is 4.84. The van der Waals surface area contributed by atoms with Gasteiger partial charge in [0.05, 0.1) is 21.6 Å². The lowest BCUT2D eigenvalue weighted by Gasteiger charge is -2.12. The van der Waals surface area contributed by atoms with Crippen molar-refractivity contribution in [3.63, 3.8) is 0 Å². The zero-order chi connectivity index (χ0) is 17.9. The van der Waals surface area contributed by atoms with Crippen molar-refractivity contribution in [2.45, 2.75) is 31.8 Å². The van der Waals surface area contributed by atoms with E-state index >= 15 is 0 Å². The van der Waals surface area contributed by atoms with Crippen LogP contribution in [0.3, 0.4) is 0 Å². The minimum absolute atomic E-state index is 0.106. The molecule has 0 heterocycles. The van der Waals surface area contributed by atoms with Crippen LogP contribution in [0.25, 0.3) is 0 Å². The van der Waals surface area contributed by atoms with Crippen LogP contribution in [0.5, 0.6) is 0 Å². The van der Waals surface area contributed by atoms with Gasteiger partial charge in [0.25, 0.3) is 10.0 Å². The van der Waals surface area contributed by atoms with Gasteiger partial charge in [-0.3, -0.25) is 4.72 Å². The number of rotatable bonds is 5. The predicted molar refractivity (Wildman–Crippen MR) is 94.0 cm³/mol. The maximum Gasteiger partial charge on any atom is 0.339 e. The third-order valence-electron chi connectivity index (χ3n) is 3.11. The van der Waals surface area contributed by atoms with Gasteiger partial charge >= 0.3 is 5.97 Å². The van der Waals surface area contributed by atoms with Crippen LogP contribution in [0, 0.1) is 6.92 Å². The Hall–Kier alpha value is -2.05. The zero-order valence-electron chi connectivity index (χ0n) is 13.5. The van der Waals surface area contributed by atoms with E-state index in [-0.39, 0.29) is 27.3 Å². The highest BCUT2D eigenvalue weighted by molar-refractivity contribution is 7.92. The Morgan fingerprint density at radius 3 is 2.33 bits per heavy atom. The normalized spacial score (nSPS) is 11.4. The Balaban J connectivity index is 2.30. The number of hydrogen-bond acceptors (Lipinski definition) is 4. The summed E-state index contributed by atoms with van der Waals surface area (Å²) in [6.07, 6.45) is -0.304. The highest BCUT2D eigenvalue weighted by Crippen LogP contribution is 2.24. The summed E-state index contributed by atoms with van der Waals surface area (Å²) >= 11 is 6.00. The highest BCUT2D eigenvalue weighted by atomic mass is 35.5. The fourth-order valence-electron chi connectivity index (χ4n) is 1.95. The zero-order valence-corrected chi connectivity index (χ0v) is 15.1. The first-order chi connectivity index (χ1) is 11.2. The molecule has 0 saturated heterocycles. The van der Waals surface area contributed by atoms with Crippen LogP contribution in [0.15, 0.2) is 47.4 Å². The van der Waals surface area contributed by atoms with Gasteiger partial charge in [0.1, 0.15) is 0 Å². The maximum absolute atomic E-state index is 12.4. The van der Waals surface area contributed by atoms with E-state index in [0.29, 0.717) is 0 Å². The summed E-state index contributed by atoms with van der Waals surface area (Å²) in [5.74, 6) is -0.605. The first-order valence-corrected chi connectivity index (χ1v) is 9.15. The Kier molecular flexibility index (Phi) is 5.51. The van der Waals surface area contributed by atoms with Gasteiger partial charge in [-0.2, -0.15) is 0 Å². The van der Waals surface area contributed by atoms with E-state index in [1.165, 1.54) is 30.3 Å². The molecule has 0 amide bonds. The lowest BCUT2D eigenvalue weighted by molar-refractivity contribution is 0.0378. The summed E-state index contributed by atoms with van der Waals surface area (Å²) in [7, 11) is -3.75. The molecule has 1 N–H and O–H groups in total. The van der Waals surface area contributed by atoms with Gasteiger partial charge in [0.15, 0.2) is 0 Å². The molecule has 0 spiro atoms. The lowest BCUT2D eigenvalue weighted by Crippen LogP contribution is -2.15. The summed E-state index contributed by atoms with van der Waals surface area (Å²) in [5.41, 5.74) is 1.30. The number of carbonyl (C=O) groups excluding carboxylic acids is 1. The maximum atomic E-state index is 12.4. The Morgan fingerprint density at radius 1 is 1.12 bits per heavy atom. The number of nitrogens with one attached hydrogen (secondary N) is 1. The van der Waals surface area contributed by atoms with Gasteiger partial charge < -0.3 is 4.74 Å². The fourth-order valence-corrected chi connectivity index (χ4v) is 3.20. The van der Waals surface area contributed by atoms with Crippen molar-refractivity contribution < 1.29 is 17.9 Å². The standard InChI is InChI=1S/C17H18ClNO4S/c1-11(2)23-17(20)15-10-13(6-9-16(15)18)19-24(21,22)14-7-4-12(3)5-8-14/h4-11,19H,1-3H3. The van der Waals surface area contributed by atoms with Gasteiger partial charge in [-0.05, 0) is 51.1 Å². The van der Waals surface area contributed by atoms with Crippen molar-refractivity contribution >= 4 is 33.3 Å². The monoisotopic (exact) mass is 367 g/mol. The Labute approximate surface area is 146 Å². The molecule has 0 bridgehead atoms. The van der Waals surface area contributed by atoms with Crippen LogP contribution in [0.1, 0.15) is 29.8 Å². The quantitative estimate of drug-likeness (QED) is 0.810. The third kappa shape index (κ3) is 4.49.